The second kappa shape index (κ2) is 4.33. The van der Waals surface area contributed by atoms with Gasteiger partial charge < -0.3 is 15.5 Å². The molecule has 0 aliphatic carbocycles. The number of hydrogen-bond acceptors (Lipinski definition) is 4. The number of benzene rings is 1. The highest BCUT2D eigenvalue weighted by Gasteiger charge is 2.02. The molecule has 5 heteroatoms. The van der Waals surface area contributed by atoms with Gasteiger partial charge in [0.1, 0.15) is 6.26 Å². The highest BCUT2D eigenvalue weighted by atomic mass is 35.5. The van der Waals surface area contributed by atoms with Crippen LogP contribution in [0.15, 0.2) is 34.9 Å². The summed E-state index contributed by atoms with van der Waals surface area (Å²) < 4.78 is 5.15. The van der Waals surface area contributed by atoms with Crippen molar-refractivity contribution in [3.05, 3.63) is 41.2 Å². The lowest BCUT2D eigenvalue weighted by Crippen LogP contribution is -1.96. The summed E-state index contributed by atoms with van der Waals surface area (Å²) in [5, 5.41) is 3.68. The zero-order valence-corrected chi connectivity index (χ0v) is 8.66. The Bertz CT molecular complexity index is 438. The molecule has 2 rings (SSSR count). The predicted molar refractivity (Wildman–Crippen MR) is 59.1 cm³/mol. The molecule has 0 spiro atoms. The van der Waals surface area contributed by atoms with E-state index in [0.717, 1.165) is 5.69 Å². The largest absolute Gasteiger partial charge is 0.432 e. The summed E-state index contributed by atoms with van der Waals surface area (Å²) in [6.45, 7) is 0.367. The Kier molecular flexibility index (Phi) is 2.89. The van der Waals surface area contributed by atoms with Gasteiger partial charge in [0.2, 0.25) is 0 Å². The van der Waals surface area contributed by atoms with Gasteiger partial charge in [-0.15, -0.1) is 0 Å². The van der Waals surface area contributed by atoms with Crippen LogP contribution in [0.2, 0.25) is 5.02 Å². The summed E-state index contributed by atoms with van der Waals surface area (Å²) in [6.07, 6.45) is 1.53. The third-order valence-corrected chi connectivity index (χ3v) is 2.11. The van der Waals surface area contributed by atoms with E-state index in [1.54, 1.807) is 12.1 Å². The number of hydrogen-bond donors (Lipinski definition) is 2. The van der Waals surface area contributed by atoms with E-state index in [9.17, 15) is 0 Å². The van der Waals surface area contributed by atoms with Crippen LogP contribution in [0, 0.1) is 0 Å². The van der Waals surface area contributed by atoms with Crippen LogP contribution in [-0.2, 0) is 6.54 Å². The van der Waals surface area contributed by atoms with Crippen molar-refractivity contribution < 1.29 is 4.42 Å². The molecule has 2 aromatic rings. The molecule has 1 aromatic heterocycles. The van der Waals surface area contributed by atoms with Crippen molar-refractivity contribution in [1.82, 2.24) is 4.98 Å². The molecule has 0 fully saturated rings. The first-order valence-corrected chi connectivity index (χ1v) is 4.83. The molecule has 0 aliphatic rings. The highest BCUT2D eigenvalue weighted by Crippen LogP contribution is 2.18. The zero-order valence-electron chi connectivity index (χ0n) is 7.90. The smallest absolute Gasteiger partial charge is 0.299 e. The van der Waals surface area contributed by atoms with Gasteiger partial charge in [0.05, 0.1) is 5.69 Å². The van der Waals surface area contributed by atoms with E-state index in [4.69, 9.17) is 21.8 Å². The van der Waals surface area contributed by atoms with Crippen LogP contribution in [-0.4, -0.2) is 4.98 Å². The summed E-state index contributed by atoms with van der Waals surface area (Å²) in [4.78, 5) is 4.11. The number of rotatable bonds is 3. The van der Waals surface area contributed by atoms with Gasteiger partial charge in [0, 0.05) is 17.3 Å². The van der Waals surface area contributed by atoms with Gasteiger partial charge >= 0.3 is 0 Å². The first-order chi connectivity index (χ1) is 7.28. The molecule has 0 unspecified atom stereocenters. The minimum atomic E-state index is 0.367. The fourth-order valence-electron chi connectivity index (χ4n) is 1.11. The Morgan fingerprint density at radius 1 is 1.33 bits per heavy atom. The first-order valence-electron chi connectivity index (χ1n) is 4.45. The van der Waals surface area contributed by atoms with Gasteiger partial charge in [0.25, 0.3) is 6.01 Å². The Labute approximate surface area is 92.1 Å². The summed E-state index contributed by atoms with van der Waals surface area (Å²) in [5.74, 6) is 0. The van der Waals surface area contributed by atoms with E-state index in [-0.39, 0.29) is 0 Å². The molecule has 78 valence electrons. The minimum Gasteiger partial charge on any atom is -0.432 e. The van der Waals surface area contributed by atoms with Crippen LogP contribution >= 0.6 is 11.6 Å². The van der Waals surface area contributed by atoms with Gasteiger partial charge in [-0.2, -0.15) is 4.98 Å². The number of aromatic nitrogens is 1. The van der Waals surface area contributed by atoms with Crippen molar-refractivity contribution in [2.45, 2.75) is 6.54 Å². The standard InChI is InChI=1S/C10H10ClN3O/c11-7-1-3-8(4-2-7)13-10-14-9(5-12)6-15-10/h1-4,6H,5,12H2,(H,13,14). The molecule has 1 aromatic carbocycles. The van der Waals surface area contributed by atoms with Crippen molar-refractivity contribution in [2.75, 3.05) is 5.32 Å². The summed E-state index contributed by atoms with van der Waals surface area (Å²) in [6, 6.07) is 7.69. The van der Waals surface area contributed by atoms with E-state index < -0.39 is 0 Å². The number of anilines is 2. The third kappa shape index (κ3) is 2.49. The van der Waals surface area contributed by atoms with Gasteiger partial charge in [-0.3, -0.25) is 0 Å². The molecular weight excluding hydrogens is 214 g/mol. The van der Waals surface area contributed by atoms with E-state index in [0.29, 0.717) is 23.3 Å². The molecule has 0 bridgehead atoms. The number of nitrogens with two attached hydrogens (primary N) is 1. The average molecular weight is 224 g/mol. The van der Waals surface area contributed by atoms with Crippen molar-refractivity contribution in [1.29, 1.82) is 0 Å². The SMILES string of the molecule is NCc1coc(Nc2ccc(Cl)cc2)n1. The van der Waals surface area contributed by atoms with E-state index in [1.807, 2.05) is 12.1 Å². The van der Waals surface area contributed by atoms with Crippen molar-refractivity contribution in [3.63, 3.8) is 0 Å². The topological polar surface area (TPSA) is 64.1 Å². The van der Waals surface area contributed by atoms with Crippen molar-refractivity contribution in [2.24, 2.45) is 5.73 Å². The van der Waals surface area contributed by atoms with Gasteiger partial charge in [-0.25, -0.2) is 0 Å². The molecule has 0 aliphatic heterocycles. The van der Waals surface area contributed by atoms with Crippen LogP contribution in [0.4, 0.5) is 11.7 Å². The molecule has 0 atom stereocenters. The second-order valence-electron chi connectivity index (χ2n) is 2.98. The van der Waals surface area contributed by atoms with Crippen LogP contribution in [0.1, 0.15) is 5.69 Å². The fourth-order valence-corrected chi connectivity index (χ4v) is 1.24. The molecular formula is C10H10ClN3O. The van der Waals surface area contributed by atoms with Crippen LogP contribution in [0.5, 0.6) is 0 Å². The third-order valence-electron chi connectivity index (χ3n) is 1.86. The number of halogens is 1. The summed E-state index contributed by atoms with van der Waals surface area (Å²) >= 11 is 5.76. The maximum Gasteiger partial charge on any atom is 0.299 e. The van der Waals surface area contributed by atoms with Crippen LogP contribution in [0.25, 0.3) is 0 Å². The summed E-state index contributed by atoms with van der Waals surface area (Å²) in [7, 11) is 0. The van der Waals surface area contributed by atoms with Gasteiger partial charge in [-0.05, 0) is 24.3 Å². The predicted octanol–water partition coefficient (Wildman–Crippen LogP) is 2.53. The first kappa shape index (κ1) is 10.0. The molecule has 0 saturated carbocycles. The highest BCUT2D eigenvalue weighted by molar-refractivity contribution is 6.30. The van der Waals surface area contributed by atoms with Crippen molar-refractivity contribution in [3.8, 4) is 0 Å². The Morgan fingerprint density at radius 2 is 2.07 bits per heavy atom. The van der Waals surface area contributed by atoms with Crippen LogP contribution < -0.4 is 11.1 Å². The molecule has 0 amide bonds. The maximum absolute atomic E-state index is 5.76. The monoisotopic (exact) mass is 223 g/mol. The Morgan fingerprint density at radius 3 is 2.67 bits per heavy atom. The summed E-state index contributed by atoms with van der Waals surface area (Å²) in [5.41, 5.74) is 6.99. The molecule has 0 radical (unpaired) electrons. The number of nitrogens with one attached hydrogen (secondary N) is 1. The lowest BCUT2D eigenvalue weighted by molar-refractivity contribution is 0.576. The molecule has 0 saturated heterocycles. The molecule has 4 nitrogen and oxygen atoms in total. The maximum atomic E-state index is 5.76. The average Bonchev–Trinajstić information content (AvgIpc) is 2.69. The van der Waals surface area contributed by atoms with Crippen LogP contribution in [0.3, 0.4) is 0 Å². The Hall–Kier alpha value is -1.52. The second-order valence-corrected chi connectivity index (χ2v) is 3.42. The minimum absolute atomic E-state index is 0.367. The molecule has 15 heavy (non-hydrogen) atoms. The lowest BCUT2D eigenvalue weighted by Gasteiger charge is -2.00. The normalized spacial score (nSPS) is 10.3. The molecule has 3 N–H and O–H groups in total. The quantitative estimate of drug-likeness (QED) is 0.839. The van der Waals surface area contributed by atoms with E-state index in [1.165, 1.54) is 6.26 Å². The van der Waals surface area contributed by atoms with E-state index in [2.05, 4.69) is 10.3 Å². The zero-order chi connectivity index (χ0) is 10.7. The Balaban J connectivity index is 2.11. The van der Waals surface area contributed by atoms with Crippen molar-refractivity contribution >= 4 is 23.3 Å². The molecule has 1 heterocycles. The fraction of sp³-hybridized carbons (Fsp3) is 0.100. The number of nitrogens with zero attached hydrogens (tertiary/aromatic N) is 1. The van der Waals surface area contributed by atoms with E-state index >= 15 is 0 Å². The van der Waals surface area contributed by atoms with Gasteiger partial charge in [0.15, 0.2) is 0 Å². The van der Waals surface area contributed by atoms with Gasteiger partial charge in [-0.1, -0.05) is 11.6 Å². The number of oxazole rings is 1. The lowest BCUT2D eigenvalue weighted by atomic mass is 10.3.